The van der Waals surface area contributed by atoms with Crippen LogP contribution in [0.15, 0.2) is 28.7 Å². The summed E-state index contributed by atoms with van der Waals surface area (Å²) in [7, 11) is 0. The molecule has 0 aromatic heterocycles. The third-order valence-corrected chi connectivity index (χ3v) is 4.34. The van der Waals surface area contributed by atoms with Gasteiger partial charge in [0.25, 0.3) is 0 Å². The predicted octanol–water partition coefficient (Wildman–Crippen LogP) is 3.13. The van der Waals surface area contributed by atoms with Gasteiger partial charge in [0.1, 0.15) is 5.78 Å². The molecule has 90 valence electrons. The van der Waals surface area contributed by atoms with E-state index in [1.165, 1.54) is 0 Å². The van der Waals surface area contributed by atoms with Crippen molar-refractivity contribution in [2.45, 2.75) is 37.9 Å². The van der Waals surface area contributed by atoms with Crippen molar-refractivity contribution in [3.8, 4) is 0 Å². The van der Waals surface area contributed by atoms with Gasteiger partial charge < -0.3 is 4.74 Å². The van der Waals surface area contributed by atoms with Crippen molar-refractivity contribution in [1.82, 2.24) is 0 Å². The summed E-state index contributed by atoms with van der Waals surface area (Å²) in [5.41, 5.74) is 1.10. The Balaban J connectivity index is 1.65. The molecule has 0 saturated carbocycles. The number of ketones is 1. The zero-order valence-electron chi connectivity index (χ0n) is 9.56. The predicted molar refractivity (Wildman–Crippen MR) is 68.9 cm³/mol. The molecule has 2 aliphatic rings. The van der Waals surface area contributed by atoms with Crippen LogP contribution in [0.3, 0.4) is 0 Å². The van der Waals surface area contributed by atoms with Crippen LogP contribution in [-0.2, 0) is 16.0 Å². The molecule has 0 spiro atoms. The molecule has 1 aromatic carbocycles. The standard InChI is InChI=1S/C14H15BrO2/c15-10-3-1-9(2-4-10)7-13(16)12-8-11-5-6-14(12)17-11/h1-4,11-12,14H,5-8H2. The summed E-state index contributed by atoms with van der Waals surface area (Å²) in [6.07, 6.45) is 4.28. The highest BCUT2D eigenvalue weighted by Crippen LogP contribution is 2.39. The number of carbonyl (C=O) groups excluding carboxylic acids is 1. The smallest absolute Gasteiger partial charge is 0.143 e. The lowest BCUT2D eigenvalue weighted by Crippen LogP contribution is -2.26. The minimum absolute atomic E-state index is 0.150. The molecular formula is C14H15BrO2. The van der Waals surface area contributed by atoms with Crippen LogP contribution >= 0.6 is 15.9 Å². The van der Waals surface area contributed by atoms with Gasteiger partial charge in [0.2, 0.25) is 0 Å². The Kier molecular flexibility index (Phi) is 3.05. The van der Waals surface area contributed by atoms with Gasteiger partial charge in [-0.1, -0.05) is 28.1 Å². The van der Waals surface area contributed by atoms with Crippen molar-refractivity contribution in [2.24, 2.45) is 5.92 Å². The molecule has 17 heavy (non-hydrogen) atoms. The number of Topliss-reactive ketones (excluding diaryl/α,β-unsaturated/α-hetero) is 1. The lowest BCUT2D eigenvalue weighted by molar-refractivity contribution is -0.123. The highest BCUT2D eigenvalue weighted by Gasteiger charge is 2.43. The fourth-order valence-corrected chi connectivity index (χ4v) is 3.18. The number of carbonyl (C=O) groups is 1. The summed E-state index contributed by atoms with van der Waals surface area (Å²) in [5.74, 6) is 0.497. The third-order valence-electron chi connectivity index (χ3n) is 3.81. The maximum atomic E-state index is 12.2. The van der Waals surface area contributed by atoms with E-state index in [1.807, 2.05) is 24.3 Å². The Morgan fingerprint density at radius 3 is 2.65 bits per heavy atom. The van der Waals surface area contributed by atoms with Crippen LogP contribution in [0.25, 0.3) is 0 Å². The molecule has 2 aliphatic heterocycles. The molecule has 3 rings (SSSR count). The van der Waals surface area contributed by atoms with E-state index in [2.05, 4.69) is 15.9 Å². The molecule has 0 N–H and O–H groups in total. The van der Waals surface area contributed by atoms with Gasteiger partial charge in [0.15, 0.2) is 0 Å². The lowest BCUT2D eigenvalue weighted by Gasteiger charge is -2.17. The largest absolute Gasteiger partial charge is 0.374 e. The van der Waals surface area contributed by atoms with E-state index in [9.17, 15) is 4.79 Å². The molecule has 3 heteroatoms. The Morgan fingerprint density at radius 2 is 2.06 bits per heavy atom. The SMILES string of the molecule is O=C(Cc1ccc(Br)cc1)C1CC2CCC1O2. The van der Waals surface area contributed by atoms with Crippen molar-refractivity contribution in [3.05, 3.63) is 34.3 Å². The van der Waals surface area contributed by atoms with Crippen molar-refractivity contribution in [1.29, 1.82) is 0 Å². The van der Waals surface area contributed by atoms with Crippen LogP contribution in [0.2, 0.25) is 0 Å². The Bertz CT molecular complexity index is 426. The van der Waals surface area contributed by atoms with E-state index in [0.717, 1.165) is 29.3 Å². The molecule has 2 heterocycles. The zero-order valence-corrected chi connectivity index (χ0v) is 11.2. The van der Waals surface area contributed by atoms with E-state index in [-0.39, 0.29) is 12.0 Å². The Morgan fingerprint density at radius 1 is 1.29 bits per heavy atom. The van der Waals surface area contributed by atoms with E-state index < -0.39 is 0 Å². The van der Waals surface area contributed by atoms with E-state index in [4.69, 9.17) is 4.74 Å². The summed E-state index contributed by atoms with van der Waals surface area (Å²) in [6.45, 7) is 0. The molecule has 1 aromatic rings. The molecular weight excluding hydrogens is 280 g/mol. The Labute approximate surface area is 109 Å². The van der Waals surface area contributed by atoms with E-state index in [1.54, 1.807) is 0 Å². The number of hydrogen-bond acceptors (Lipinski definition) is 2. The molecule has 2 fully saturated rings. The minimum atomic E-state index is 0.150. The molecule has 2 bridgehead atoms. The number of rotatable bonds is 3. The molecule has 0 aliphatic carbocycles. The van der Waals surface area contributed by atoms with Crippen LogP contribution < -0.4 is 0 Å². The first-order valence-electron chi connectivity index (χ1n) is 6.15. The summed E-state index contributed by atoms with van der Waals surface area (Å²) in [4.78, 5) is 12.2. The summed E-state index contributed by atoms with van der Waals surface area (Å²) in [6, 6.07) is 7.99. The van der Waals surface area contributed by atoms with Gasteiger partial charge in [-0.2, -0.15) is 0 Å². The maximum absolute atomic E-state index is 12.2. The number of hydrogen-bond donors (Lipinski definition) is 0. The maximum Gasteiger partial charge on any atom is 0.143 e. The first-order chi connectivity index (χ1) is 8.22. The normalized spacial score (nSPS) is 30.8. The second-order valence-electron chi connectivity index (χ2n) is 4.99. The molecule has 0 amide bonds. The number of fused-ring (bicyclic) bond motifs is 2. The van der Waals surface area contributed by atoms with Crippen LogP contribution in [0.1, 0.15) is 24.8 Å². The second-order valence-corrected chi connectivity index (χ2v) is 5.90. The zero-order chi connectivity index (χ0) is 11.8. The molecule has 2 nitrogen and oxygen atoms in total. The summed E-state index contributed by atoms with van der Waals surface area (Å²) < 4.78 is 6.79. The number of ether oxygens (including phenoxy) is 1. The quantitative estimate of drug-likeness (QED) is 0.856. The first kappa shape index (κ1) is 11.4. The van der Waals surface area contributed by atoms with Gasteiger partial charge in [0, 0.05) is 16.8 Å². The van der Waals surface area contributed by atoms with E-state index in [0.29, 0.717) is 18.3 Å². The van der Waals surface area contributed by atoms with Gasteiger partial charge in [-0.15, -0.1) is 0 Å². The van der Waals surface area contributed by atoms with Gasteiger partial charge in [0.05, 0.1) is 12.2 Å². The Hall–Kier alpha value is -0.670. The average Bonchev–Trinajstić information content (AvgIpc) is 2.94. The first-order valence-corrected chi connectivity index (χ1v) is 6.94. The van der Waals surface area contributed by atoms with E-state index >= 15 is 0 Å². The highest BCUT2D eigenvalue weighted by molar-refractivity contribution is 9.10. The summed E-state index contributed by atoms with van der Waals surface area (Å²) >= 11 is 3.40. The monoisotopic (exact) mass is 294 g/mol. The van der Waals surface area contributed by atoms with Crippen LogP contribution in [0, 0.1) is 5.92 Å². The molecule has 0 radical (unpaired) electrons. The fourth-order valence-electron chi connectivity index (χ4n) is 2.91. The second kappa shape index (κ2) is 4.54. The minimum Gasteiger partial charge on any atom is -0.374 e. The average molecular weight is 295 g/mol. The number of benzene rings is 1. The third kappa shape index (κ3) is 2.31. The van der Waals surface area contributed by atoms with Crippen molar-refractivity contribution >= 4 is 21.7 Å². The van der Waals surface area contributed by atoms with Crippen molar-refractivity contribution in [2.75, 3.05) is 0 Å². The van der Waals surface area contributed by atoms with Gasteiger partial charge >= 0.3 is 0 Å². The van der Waals surface area contributed by atoms with Gasteiger partial charge in [-0.3, -0.25) is 4.79 Å². The molecule has 3 atom stereocenters. The van der Waals surface area contributed by atoms with Crippen LogP contribution in [0.5, 0.6) is 0 Å². The van der Waals surface area contributed by atoms with Crippen molar-refractivity contribution in [3.63, 3.8) is 0 Å². The van der Waals surface area contributed by atoms with Gasteiger partial charge in [-0.05, 0) is 37.0 Å². The molecule has 2 saturated heterocycles. The molecule has 3 unspecified atom stereocenters. The highest BCUT2D eigenvalue weighted by atomic mass is 79.9. The fraction of sp³-hybridized carbons (Fsp3) is 0.500. The summed E-state index contributed by atoms with van der Waals surface area (Å²) in [5, 5.41) is 0. The topological polar surface area (TPSA) is 26.3 Å². The number of halogens is 1. The van der Waals surface area contributed by atoms with Gasteiger partial charge in [-0.25, -0.2) is 0 Å². The van der Waals surface area contributed by atoms with Crippen molar-refractivity contribution < 1.29 is 9.53 Å². The lowest BCUT2D eigenvalue weighted by atomic mass is 9.84. The van der Waals surface area contributed by atoms with Crippen LogP contribution in [-0.4, -0.2) is 18.0 Å². The van der Waals surface area contributed by atoms with Crippen LogP contribution in [0.4, 0.5) is 0 Å².